The van der Waals surface area contributed by atoms with Crippen molar-refractivity contribution in [3.8, 4) is 0 Å². The Hall–Kier alpha value is -1.06. The van der Waals surface area contributed by atoms with E-state index in [-0.39, 0.29) is 17.8 Å². The van der Waals surface area contributed by atoms with Crippen LogP contribution in [0.5, 0.6) is 0 Å². The lowest BCUT2D eigenvalue weighted by atomic mass is 9.98. The number of carbonyl (C=O) groups is 2. The van der Waals surface area contributed by atoms with Crippen molar-refractivity contribution < 1.29 is 14.3 Å². The maximum absolute atomic E-state index is 11.7. The molecule has 2 atom stereocenters. The van der Waals surface area contributed by atoms with Crippen LogP contribution in [0, 0.1) is 11.8 Å². The summed E-state index contributed by atoms with van der Waals surface area (Å²) in [6, 6.07) is -0.568. The Bertz CT molecular complexity index is 238. The van der Waals surface area contributed by atoms with E-state index in [1.165, 1.54) is 0 Å². The quantitative estimate of drug-likeness (QED) is 0.706. The van der Waals surface area contributed by atoms with E-state index in [1.807, 2.05) is 6.92 Å². The average Bonchev–Trinajstić information content (AvgIpc) is 2.16. The molecule has 0 bridgehead atoms. The molecular formula is C12H23NO3. The number of hydrogen-bond acceptors (Lipinski definition) is 3. The highest BCUT2D eigenvalue weighted by atomic mass is 16.5. The molecular weight excluding hydrogens is 206 g/mol. The molecule has 16 heavy (non-hydrogen) atoms. The van der Waals surface area contributed by atoms with Gasteiger partial charge in [-0.3, -0.25) is 4.79 Å². The van der Waals surface area contributed by atoms with Crippen LogP contribution in [0.2, 0.25) is 0 Å². The van der Waals surface area contributed by atoms with Crippen LogP contribution in [0.3, 0.4) is 0 Å². The van der Waals surface area contributed by atoms with E-state index in [1.54, 1.807) is 13.8 Å². The zero-order chi connectivity index (χ0) is 12.7. The summed E-state index contributed by atoms with van der Waals surface area (Å²) >= 11 is 0. The zero-order valence-electron chi connectivity index (χ0n) is 10.9. The van der Waals surface area contributed by atoms with Gasteiger partial charge in [-0.25, -0.2) is 4.79 Å². The first-order chi connectivity index (χ1) is 7.38. The van der Waals surface area contributed by atoms with Crippen LogP contribution in [-0.4, -0.2) is 24.5 Å². The number of amides is 1. The normalized spacial score (nSPS) is 14.4. The molecule has 0 saturated carbocycles. The molecule has 1 N–H and O–H groups in total. The molecule has 1 unspecified atom stereocenters. The molecule has 0 spiro atoms. The Labute approximate surface area is 97.7 Å². The lowest BCUT2D eigenvalue weighted by molar-refractivity contribution is -0.147. The standard InChI is InChI=1S/C12H23NO3/c1-6-16-12(15)10(5)13-11(14)9(4)7-8(2)3/h8-10H,6-7H2,1-5H3,(H,13,14)/t9?,10-/m0/s1. The van der Waals surface area contributed by atoms with Crippen LogP contribution >= 0.6 is 0 Å². The van der Waals surface area contributed by atoms with Gasteiger partial charge in [0.2, 0.25) is 5.91 Å². The van der Waals surface area contributed by atoms with E-state index in [9.17, 15) is 9.59 Å². The molecule has 0 aliphatic rings. The van der Waals surface area contributed by atoms with Crippen LogP contribution in [0.1, 0.15) is 41.0 Å². The largest absolute Gasteiger partial charge is 0.464 e. The first-order valence-corrected chi connectivity index (χ1v) is 5.85. The third kappa shape index (κ3) is 5.73. The molecule has 4 nitrogen and oxygen atoms in total. The van der Waals surface area contributed by atoms with Crippen LogP contribution in [0.25, 0.3) is 0 Å². The number of carbonyl (C=O) groups excluding carboxylic acids is 2. The first-order valence-electron chi connectivity index (χ1n) is 5.85. The smallest absolute Gasteiger partial charge is 0.328 e. The summed E-state index contributed by atoms with van der Waals surface area (Å²) < 4.78 is 4.81. The van der Waals surface area contributed by atoms with Gasteiger partial charge in [-0.05, 0) is 26.2 Å². The highest BCUT2D eigenvalue weighted by Gasteiger charge is 2.20. The third-order valence-electron chi connectivity index (χ3n) is 2.27. The number of esters is 1. The van der Waals surface area contributed by atoms with Gasteiger partial charge in [-0.1, -0.05) is 20.8 Å². The predicted octanol–water partition coefficient (Wildman–Crippen LogP) is 1.74. The Morgan fingerprint density at radius 1 is 1.19 bits per heavy atom. The molecule has 94 valence electrons. The van der Waals surface area contributed by atoms with Crippen LogP contribution < -0.4 is 5.32 Å². The molecule has 0 rings (SSSR count). The van der Waals surface area contributed by atoms with E-state index in [4.69, 9.17) is 4.74 Å². The molecule has 0 saturated heterocycles. The maximum atomic E-state index is 11.7. The SMILES string of the molecule is CCOC(=O)[C@H](C)NC(=O)C(C)CC(C)C. The van der Waals surface area contributed by atoms with Gasteiger partial charge >= 0.3 is 5.97 Å². The van der Waals surface area contributed by atoms with E-state index >= 15 is 0 Å². The molecule has 0 aromatic heterocycles. The monoisotopic (exact) mass is 229 g/mol. The topological polar surface area (TPSA) is 55.4 Å². The van der Waals surface area contributed by atoms with Crippen molar-refractivity contribution in [2.45, 2.75) is 47.1 Å². The van der Waals surface area contributed by atoms with Gasteiger partial charge in [0.05, 0.1) is 6.61 Å². The average molecular weight is 229 g/mol. The van der Waals surface area contributed by atoms with Gasteiger partial charge in [0, 0.05) is 5.92 Å². The summed E-state index contributed by atoms with van der Waals surface area (Å²) in [6.45, 7) is 9.72. The van der Waals surface area contributed by atoms with Gasteiger partial charge in [-0.15, -0.1) is 0 Å². The van der Waals surface area contributed by atoms with Crippen LogP contribution in [0.15, 0.2) is 0 Å². The summed E-state index contributed by atoms with van der Waals surface area (Å²) in [4.78, 5) is 23.0. The van der Waals surface area contributed by atoms with Gasteiger partial charge in [0.15, 0.2) is 0 Å². The van der Waals surface area contributed by atoms with Crippen molar-refractivity contribution in [2.24, 2.45) is 11.8 Å². The summed E-state index contributed by atoms with van der Waals surface area (Å²) in [7, 11) is 0. The van der Waals surface area contributed by atoms with Crippen LogP contribution in [0.4, 0.5) is 0 Å². The van der Waals surface area contributed by atoms with Gasteiger partial charge in [-0.2, -0.15) is 0 Å². The van der Waals surface area contributed by atoms with Gasteiger partial charge in [0.1, 0.15) is 6.04 Å². The van der Waals surface area contributed by atoms with E-state index in [2.05, 4.69) is 19.2 Å². The molecule has 0 aliphatic carbocycles. The van der Waals surface area contributed by atoms with E-state index in [0.717, 1.165) is 6.42 Å². The molecule has 4 heteroatoms. The van der Waals surface area contributed by atoms with Crippen molar-refractivity contribution in [3.05, 3.63) is 0 Å². The summed E-state index contributed by atoms with van der Waals surface area (Å²) in [5.41, 5.74) is 0. The fourth-order valence-electron chi connectivity index (χ4n) is 1.50. The van der Waals surface area contributed by atoms with Crippen molar-refractivity contribution in [3.63, 3.8) is 0 Å². The minimum absolute atomic E-state index is 0.0723. The van der Waals surface area contributed by atoms with Crippen LogP contribution in [-0.2, 0) is 14.3 Å². The fourth-order valence-corrected chi connectivity index (χ4v) is 1.50. The number of nitrogens with one attached hydrogen (secondary N) is 1. The zero-order valence-corrected chi connectivity index (χ0v) is 10.9. The summed E-state index contributed by atoms with van der Waals surface area (Å²) in [6.07, 6.45) is 0.821. The molecule has 1 amide bonds. The highest BCUT2D eigenvalue weighted by molar-refractivity contribution is 5.85. The summed E-state index contributed by atoms with van der Waals surface area (Å²) in [5.74, 6) is -0.0719. The van der Waals surface area contributed by atoms with Gasteiger partial charge < -0.3 is 10.1 Å². The minimum Gasteiger partial charge on any atom is -0.464 e. The fraction of sp³-hybridized carbons (Fsp3) is 0.833. The highest BCUT2D eigenvalue weighted by Crippen LogP contribution is 2.11. The number of ether oxygens (including phenoxy) is 1. The molecule has 0 aromatic carbocycles. The predicted molar refractivity (Wildman–Crippen MR) is 62.9 cm³/mol. The third-order valence-corrected chi connectivity index (χ3v) is 2.27. The number of rotatable bonds is 6. The first kappa shape index (κ1) is 14.9. The number of hydrogen-bond donors (Lipinski definition) is 1. The van der Waals surface area contributed by atoms with Crippen molar-refractivity contribution in [1.82, 2.24) is 5.32 Å². The maximum Gasteiger partial charge on any atom is 0.328 e. The minimum atomic E-state index is -0.568. The second-order valence-electron chi connectivity index (χ2n) is 4.51. The Morgan fingerprint density at radius 3 is 2.19 bits per heavy atom. The lowest BCUT2D eigenvalue weighted by Crippen LogP contribution is -2.42. The lowest BCUT2D eigenvalue weighted by Gasteiger charge is -2.17. The summed E-state index contributed by atoms with van der Waals surface area (Å²) in [5, 5.41) is 2.66. The van der Waals surface area contributed by atoms with Crippen molar-refractivity contribution in [1.29, 1.82) is 0 Å². The molecule has 0 aliphatic heterocycles. The Morgan fingerprint density at radius 2 is 1.75 bits per heavy atom. The molecule has 0 radical (unpaired) electrons. The van der Waals surface area contributed by atoms with E-state index in [0.29, 0.717) is 12.5 Å². The van der Waals surface area contributed by atoms with E-state index < -0.39 is 6.04 Å². The Kier molecular flexibility index (Phi) is 6.77. The van der Waals surface area contributed by atoms with Gasteiger partial charge in [0.25, 0.3) is 0 Å². The Balaban J connectivity index is 4.08. The van der Waals surface area contributed by atoms with Crippen molar-refractivity contribution >= 4 is 11.9 Å². The van der Waals surface area contributed by atoms with Crippen molar-refractivity contribution in [2.75, 3.05) is 6.61 Å². The molecule has 0 heterocycles. The molecule has 0 aromatic rings. The molecule has 0 fully saturated rings. The second kappa shape index (κ2) is 7.25. The second-order valence-corrected chi connectivity index (χ2v) is 4.51.